The van der Waals surface area contributed by atoms with Gasteiger partial charge in [0.15, 0.2) is 0 Å². The average Bonchev–Trinajstić information content (AvgIpc) is 2.52. The number of carbonyl (C=O) groups excluding carboxylic acids is 1. The smallest absolute Gasteiger partial charge is 0.224 e. The lowest BCUT2D eigenvalue weighted by Crippen LogP contribution is -2.27. The van der Waals surface area contributed by atoms with E-state index in [1.807, 2.05) is 25.1 Å². The minimum absolute atomic E-state index is 0.0623. The molecule has 0 spiro atoms. The van der Waals surface area contributed by atoms with Crippen molar-refractivity contribution in [2.75, 3.05) is 13.7 Å². The maximum atomic E-state index is 12.0. The van der Waals surface area contributed by atoms with Crippen molar-refractivity contribution in [2.45, 2.75) is 33.6 Å². The third-order valence-corrected chi connectivity index (χ3v) is 4.14. The Bertz CT molecular complexity index is 692. The maximum absolute atomic E-state index is 12.0. The molecule has 3 nitrogen and oxygen atoms in total. The number of ether oxygens (including phenoxy) is 1. The van der Waals surface area contributed by atoms with Gasteiger partial charge >= 0.3 is 0 Å². The Hall–Kier alpha value is -2.29. The monoisotopic (exact) mass is 311 g/mol. The van der Waals surface area contributed by atoms with E-state index < -0.39 is 0 Å². The normalized spacial score (nSPS) is 10.4. The largest absolute Gasteiger partial charge is 0.496 e. The van der Waals surface area contributed by atoms with Gasteiger partial charge in [0, 0.05) is 6.54 Å². The van der Waals surface area contributed by atoms with Crippen LogP contribution >= 0.6 is 0 Å². The molecule has 0 fully saturated rings. The number of nitrogens with one attached hydrogen (secondary N) is 1. The van der Waals surface area contributed by atoms with Gasteiger partial charge in [-0.2, -0.15) is 0 Å². The van der Waals surface area contributed by atoms with Crippen LogP contribution in [0, 0.1) is 20.8 Å². The van der Waals surface area contributed by atoms with Crippen LogP contribution in [-0.2, 0) is 17.6 Å². The third-order valence-electron chi connectivity index (χ3n) is 4.14. The highest BCUT2D eigenvalue weighted by atomic mass is 16.5. The fourth-order valence-electron chi connectivity index (χ4n) is 2.53. The summed E-state index contributed by atoms with van der Waals surface area (Å²) in [6.07, 6.45) is 1.23. The van der Waals surface area contributed by atoms with Gasteiger partial charge in [0.1, 0.15) is 5.75 Å². The van der Waals surface area contributed by atoms with E-state index in [0.29, 0.717) is 13.0 Å². The molecular weight excluding hydrogens is 286 g/mol. The Morgan fingerprint density at radius 3 is 2.35 bits per heavy atom. The molecule has 23 heavy (non-hydrogen) atoms. The number of methoxy groups -OCH3 is 1. The van der Waals surface area contributed by atoms with E-state index in [1.54, 1.807) is 7.11 Å². The van der Waals surface area contributed by atoms with Crippen LogP contribution in [0.4, 0.5) is 0 Å². The molecule has 2 aromatic carbocycles. The zero-order chi connectivity index (χ0) is 16.8. The maximum Gasteiger partial charge on any atom is 0.224 e. The lowest BCUT2D eigenvalue weighted by atomic mass is 10.0. The molecule has 0 atom stereocenters. The van der Waals surface area contributed by atoms with E-state index >= 15 is 0 Å². The van der Waals surface area contributed by atoms with Gasteiger partial charge in [-0.15, -0.1) is 0 Å². The summed E-state index contributed by atoms with van der Waals surface area (Å²) < 4.78 is 5.33. The second-order valence-corrected chi connectivity index (χ2v) is 6.00. The van der Waals surface area contributed by atoms with Gasteiger partial charge < -0.3 is 10.1 Å². The van der Waals surface area contributed by atoms with Crippen LogP contribution in [-0.4, -0.2) is 19.6 Å². The van der Waals surface area contributed by atoms with Crippen molar-refractivity contribution < 1.29 is 9.53 Å². The molecule has 0 aromatic heterocycles. The second kappa shape index (κ2) is 7.82. The van der Waals surface area contributed by atoms with Crippen molar-refractivity contribution in [3.63, 3.8) is 0 Å². The summed E-state index contributed by atoms with van der Waals surface area (Å²) in [5.41, 5.74) is 5.82. The molecule has 0 heterocycles. The molecule has 1 N–H and O–H groups in total. The molecule has 3 heteroatoms. The van der Waals surface area contributed by atoms with Crippen molar-refractivity contribution in [2.24, 2.45) is 0 Å². The summed E-state index contributed by atoms with van der Waals surface area (Å²) in [6, 6.07) is 12.3. The molecular formula is C20H25NO2. The average molecular weight is 311 g/mol. The molecule has 1 amide bonds. The van der Waals surface area contributed by atoms with E-state index in [-0.39, 0.29) is 5.91 Å². The first kappa shape index (κ1) is 17.1. The van der Waals surface area contributed by atoms with Gasteiger partial charge in [-0.25, -0.2) is 0 Å². The molecule has 0 saturated carbocycles. The predicted molar refractivity (Wildman–Crippen MR) is 94.1 cm³/mol. The SMILES string of the molecule is COc1cc(CCNC(=O)Cc2ccc(C)c(C)c2)ccc1C. The van der Waals surface area contributed by atoms with Crippen molar-refractivity contribution in [1.29, 1.82) is 0 Å². The van der Waals surface area contributed by atoms with Gasteiger partial charge in [-0.3, -0.25) is 4.79 Å². The minimum Gasteiger partial charge on any atom is -0.496 e. The van der Waals surface area contributed by atoms with Crippen LogP contribution in [0.5, 0.6) is 5.75 Å². The van der Waals surface area contributed by atoms with E-state index in [0.717, 1.165) is 23.3 Å². The predicted octanol–water partition coefficient (Wildman–Crippen LogP) is 3.52. The first-order valence-corrected chi connectivity index (χ1v) is 7.96. The Morgan fingerprint density at radius 2 is 1.65 bits per heavy atom. The fourth-order valence-corrected chi connectivity index (χ4v) is 2.53. The lowest BCUT2D eigenvalue weighted by molar-refractivity contribution is -0.120. The quantitative estimate of drug-likeness (QED) is 0.886. The summed E-state index contributed by atoms with van der Waals surface area (Å²) in [5, 5.41) is 2.99. The number of hydrogen-bond acceptors (Lipinski definition) is 2. The zero-order valence-electron chi connectivity index (χ0n) is 14.4. The first-order valence-electron chi connectivity index (χ1n) is 7.96. The topological polar surface area (TPSA) is 38.3 Å². The van der Waals surface area contributed by atoms with Crippen LogP contribution < -0.4 is 10.1 Å². The number of amides is 1. The molecule has 2 rings (SSSR count). The van der Waals surface area contributed by atoms with Crippen LogP contribution in [0.15, 0.2) is 36.4 Å². The standard InChI is InChI=1S/C20H25NO2/c1-14-5-8-18(11-16(14)3)13-20(22)21-10-9-17-7-6-15(2)19(12-17)23-4/h5-8,11-12H,9-10,13H2,1-4H3,(H,21,22). The van der Waals surface area contributed by atoms with Crippen molar-refractivity contribution in [1.82, 2.24) is 5.32 Å². The van der Waals surface area contributed by atoms with Gasteiger partial charge in [0.2, 0.25) is 5.91 Å². The number of benzene rings is 2. The molecule has 0 bridgehead atoms. The van der Waals surface area contributed by atoms with Crippen molar-refractivity contribution in [3.8, 4) is 5.75 Å². The van der Waals surface area contributed by atoms with Crippen LogP contribution in [0.3, 0.4) is 0 Å². The highest BCUT2D eigenvalue weighted by Crippen LogP contribution is 2.19. The number of rotatable bonds is 6. The molecule has 122 valence electrons. The van der Waals surface area contributed by atoms with Crippen LogP contribution in [0.1, 0.15) is 27.8 Å². The Labute approximate surface area is 138 Å². The minimum atomic E-state index is 0.0623. The van der Waals surface area contributed by atoms with Gasteiger partial charge in [-0.05, 0) is 61.1 Å². The Balaban J connectivity index is 1.83. The molecule has 0 radical (unpaired) electrons. The van der Waals surface area contributed by atoms with Crippen LogP contribution in [0.25, 0.3) is 0 Å². The molecule has 2 aromatic rings. The molecule has 0 aliphatic carbocycles. The summed E-state index contributed by atoms with van der Waals surface area (Å²) in [6.45, 7) is 6.81. The Kier molecular flexibility index (Phi) is 5.80. The molecule has 0 saturated heterocycles. The second-order valence-electron chi connectivity index (χ2n) is 6.00. The first-order chi connectivity index (χ1) is 11.0. The molecule has 0 aliphatic rings. The highest BCUT2D eigenvalue weighted by Gasteiger charge is 2.05. The van der Waals surface area contributed by atoms with Gasteiger partial charge in [0.25, 0.3) is 0 Å². The van der Waals surface area contributed by atoms with Crippen LogP contribution in [0.2, 0.25) is 0 Å². The zero-order valence-corrected chi connectivity index (χ0v) is 14.4. The van der Waals surface area contributed by atoms with E-state index in [9.17, 15) is 4.79 Å². The fraction of sp³-hybridized carbons (Fsp3) is 0.350. The van der Waals surface area contributed by atoms with Crippen molar-refractivity contribution in [3.05, 3.63) is 64.2 Å². The summed E-state index contributed by atoms with van der Waals surface area (Å²) >= 11 is 0. The summed E-state index contributed by atoms with van der Waals surface area (Å²) in [5.74, 6) is 0.955. The Morgan fingerprint density at radius 1 is 0.957 bits per heavy atom. The van der Waals surface area contributed by atoms with Gasteiger partial charge in [0.05, 0.1) is 13.5 Å². The summed E-state index contributed by atoms with van der Waals surface area (Å²) in [7, 11) is 1.68. The highest BCUT2D eigenvalue weighted by molar-refractivity contribution is 5.78. The lowest BCUT2D eigenvalue weighted by Gasteiger charge is -2.09. The third kappa shape index (κ3) is 4.85. The van der Waals surface area contributed by atoms with Gasteiger partial charge in [-0.1, -0.05) is 30.3 Å². The number of aryl methyl sites for hydroxylation is 3. The molecule has 0 aliphatic heterocycles. The van der Waals surface area contributed by atoms with Crippen molar-refractivity contribution >= 4 is 5.91 Å². The number of carbonyl (C=O) groups is 1. The molecule has 0 unspecified atom stereocenters. The van der Waals surface area contributed by atoms with E-state index in [2.05, 4.69) is 37.4 Å². The van der Waals surface area contributed by atoms with E-state index in [1.165, 1.54) is 16.7 Å². The number of hydrogen-bond donors (Lipinski definition) is 1. The van der Waals surface area contributed by atoms with E-state index in [4.69, 9.17) is 4.74 Å². The summed E-state index contributed by atoms with van der Waals surface area (Å²) in [4.78, 5) is 12.0.